The van der Waals surface area contributed by atoms with E-state index in [1.54, 1.807) is 42.3 Å². The van der Waals surface area contributed by atoms with Crippen molar-refractivity contribution >= 4 is 35.4 Å². The van der Waals surface area contributed by atoms with Crippen LogP contribution in [0.1, 0.15) is 21.5 Å². The van der Waals surface area contributed by atoms with Gasteiger partial charge in [0.25, 0.3) is 5.91 Å². The second-order valence-electron chi connectivity index (χ2n) is 8.23. The van der Waals surface area contributed by atoms with Crippen molar-refractivity contribution in [3.63, 3.8) is 0 Å². The minimum Gasteiger partial charge on any atom is -0.439 e. The third kappa shape index (κ3) is 6.79. The minimum atomic E-state index is -0.285. The summed E-state index contributed by atoms with van der Waals surface area (Å²) >= 11 is 7.74. The highest BCUT2D eigenvalue weighted by Crippen LogP contribution is 2.32. The van der Waals surface area contributed by atoms with Gasteiger partial charge in [0.15, 0.2) is 0 Å². The van der Waals surface area contributed by atoms with Crippen LogP contribution in [0.25, 0.3) is 11.3 Å². The van der Waals surface area contributed by atoms with Crippen molar-refractivity contribution in [2.45, 2.75) is 18.7 Å². The molecule has 0 aliphatic carbocycles. The fraction of sp³-hybridized carbons (Fsp3) is 0.231. The van der Waals surface area contributed by atoms with E-state index >= 15 is 0 Å². The first-order chi connectivity index (χ1) is 17.8. The molecule has 2 heterocycles. The molecule has 192 valence electrons. The average molecular weight is 539 g/mol. The largest absolute Gasteiger partial charge is 0.439 e. The molecule has 11 heteroatoms. The normalized spacial score (nSPS) is 10.8. The maximum Gasteiger partial charge on any atom is 0.252 e. The molecule has 0 fully saturated rings. The number of hydrogen-bond acceptors (Lipinski definition) is 8. The Morgan fingerprint density at radius 2 is 1.92 bits per heavy atom. The topological polar surface area (TPSA) is 103 Å². The van der Waals surface area contributed by atoms with Gasteiger partial charge >= 0.3 is 0 Å². The predicted octanol–water partition coefficient (Wildman–Crippen LogP) is 5.44. The highest BCUT2D eigenvalue weighted by atomic mass is 35.5. The van der Waals surface area contributed by atoms with Crippen molar-refractivity contribution in [1.29, 1.82) is 0 Å². The Morgan fingerprint density at radius 3 is 2.59 bits per heavy atom. The Balaban J connectivity index is 1.62. The van der Waals surface area contributed by atoms with E-state index in [4.69, 9.17) is 26.1 Å². The molecule has 2 aromatic carbocycles. The average Bonchev–Trinajstić information content (AvgIpc) is 3.28. The van der Waals surface area contributed by atoms with Gasteiger partial charge in [-0.2, -0.15) is 10.1 Å². The number of aromatic nitrogens is 4. The lowest BCUT2D eigenvalue weighted by Crippen LogP contribution is -2.27. The molecule has 37 heavy (non-hydrogen) atoms. The first-order valence-corrected chi connectivity index (χ1v) is 12.6. The third-order valence-electron chi connectivity index (χ3n) is 5.38. The number of hydrogen-bond donors (Lipinski definition) is 2. The van der Waals surface area contributed by atoms with Crippen LogP contribution in [0.2, 0.25) is 5.02 Å². The van der Waals surface area contributed by atoms with Gasteiger partial charge in [-0.15, -0.1) is 0 Å². The monoisotopic (exact) mass is 538 g/mol. The van der Waals surface area contributed by atoms with Gasteiger partial charge in [0.05, 0.1) is 34.0 Å². The number of carbonyl (C=O) groups excluding carboxylic acids is 1. The van der Waals surface area contributed by atoms with E-state index in [9.17, 15) is 4.79 Å². The van der Waals surface area contributed by atoms with Gasteiger partial charge in [-0.25, -0.2) is 4.98 Å². The molecule has 4 aromatic rings. The molecular formula is C26H27ClN6O3S. The van der Waals surface area contributed by atoms with Crippen LogP contribution in [-0.2, 0) is 11.8 Å². The number of nitrogens with zero attached hydrogens (tertiary/aromatic N) is 4. The molecule has 0 bridgehead atoms. The molecule has 9 nitrogen and oxygen atoms in total. The van der Waals surface area contributed by atoms with Crippen molar-refractivity contribution in [3.8, 4) is 22.9 Å². The summed E-state index contributed by atoms with van der Waals surface area (Å²) in [5, 5.41) is 7.20. The Bertz CT molecular complexity index is 1390. The molecule has 0 aliphatic rings. The molecule has 0 saturated heterocycles. The van der Waals surface area contributed by atoms with E-state index in [0.717, 1.165) is 27.3 Å². The number of carbonyl (C=O) groups is 1. The number of methoxy groups -OCH3 is 1. The zero-order valence-electron chi connectivity index (χ0n) is 20.9. The van der Waals surface area contributed by atoms with Crippen LogP contribution < -0.4 is 14.8 Å². The second-order valence-corrected chi connectivity index (χ2v) is 9.51. The Hall–Kier alpha value is -3.60. The summed E-state index contributed by atoms with van der Waals surface area (Å²) in [6.07, 6.45) is 3.64. The molecule has 0 spiro atoms. The number of nitrogens with one attached hydrogen (secondary N) is 2. The number of amides is 1. The number of benzene rings is 2. The van der Waals surface area contributed by atoms with Crippen LogP contribution in [0, 0.1) is 13.8 Å². The highest BCUT2D eigenvalue weighted by Gasteiger charge is 2.15. The molecule has 2 N–H and O–H groups in total. The molecular weight excluding hydrogens is 512 g/mol. The molecule has 4 rings (SSSR count). The smallest absolute Gasteiger partial charge is 0.252 e. The van der Waals surface area contributed by atoms with E-state index in [0.29, 0.717) is 36.3 Å². The lowest BCUT2D eigenvalue weighted by atomic mass is 10.00. The van der Waals surface area contributed by atoms with Crippen molar-refractivity contribution in [3.05, 3.63) is 76.6 Å². The van der Waals surface area contributed by atoms with Gasteiger partial charge < -0.3 is 14.8 Å². The molecule has 0 radical (unpaired) electrons. The van der Waals surface area contributed by atoms with Crippen molar-refractivity contribution in [2.24, 2.45) is 7.05 Å². The summed E-state index contributed by atoms with van der Waals surface area (Å²) in [6.45, 7) is 4.88. The Kier molecular flexibility index (Phi) is 8.65. The van der Waals surface area contributed by atoms with E-state index in [1.165, 1.54) is 11.9 Å². The zero-order valence-corrected chi connectivity index (χ0v) is 22.5. The van der Waals surface area contributed by atoms with Crippen molar-refractivity contribution < 1.29 is 14.3 Å². The van der Waals surface area contributed by atoms with Crippen LogP contribution >= 0.6 is 23.5 Å². The number of anilines is 1. The van der Waals surface area contributed by atoms with Crippen molar-refractivity contribution in [2.75, 3.05) is 25.0 Å². The van der Waals surface area contributed by atoms with Crippen LogP contribution in [0.5, 0.6) is 11.6 Å². The van der Waals surface area contributed by atoms with E-state index in [2.05, 4.69) is 20.1 Å². The maximum absolute atomic E-state index is 12.4. The van der Waals surface area contributed by atoms with Crippen LogP contribution in [0.3, 0.4) is 0 Å². The summed E-state index contributed by atoms with van der Waals surface area (Å²) < 4.78 is 15.9. The Morgan fingerprint density at radius 1 is 1.14 bits per heavy atom. The summed E-state index contributed by atoms with van der Waals surface area (Å²) in [5.41, 5.74) is 4.24. The number of aryl methyl sites for hydroxylation is 3. The van der Waals surface area contributed by atoms with Gasteiger partial charge in [-0.05, 0) is 49.1 Å². The maximum atomic E-state index is 12.4. The molecule has 1 amide bonds. The standard InChI is InChI=1S/C26H27ClN6O3S/c1-16-6-5-7-17(2)24(16)22-13-23(31-26(30-22)32-37-19-14-29-33(3)15-19)36-18-8-9-20(21(27)12-18)25(34)28-10-11-35-4/h5-9,12-15H,10-11H2,1-4H3,(H,28,34)(H,30,31,32). The summed E-state index contributed by atoms with van der Waals surface area (Å²) in [5.74, 6) is 0.863. The van der Waals surface area contributed by atoms with Gasteiger partial charge in [0.1, 0.15) is 5.75 Å². The minimum absolute atomic E-state index is 0.266. The number of ether oxygens (including phenoxy) is 2. The first kappa shape index (κ1) is 26.5. The fourth-order valence-corrected chi connectivity index (χ4v) is 4.51. The second kappa shape index (κ2) is 12.1. The summed E-state index contributed by atoms with van der Waals surface area (Å²) in [7, 11) is 3.43. The lowest BCUT2D eigenvalue weighted by Gasteiger charge is -2.14. The summed E-state index contributed by atoms with van der Waals surface area (Å²) in [6, 6.07) is 12.8. The van der Waals surface area contributed by atoms with Crippen LogP contribution in [0.4, 0.5) is 5.95 Å². The molecule has 0 atom stereocenters. The number of halogens is 1. The quantitative estimate of drug-likeness (QED) is 0.203. The third-order valence-corrected chi connectivity index (χ3v) is 6.42. The zero-order chi connectivity index (χ0) is 26.4. The SMILES string of the molecule is COCCNC(=O)c1ccc(Oc2cc(-c3c(C)cccc3C)nc(NSc3cnn(C)c3)n2)cc1Cl. The van der Waals surface area contributed by atoms with Crippen molar-refractivity contribution in [1.82, 2.24) is 25.1 Å². The van der Waals surface area contributed by atoms with E-state index in [-0.39, 0.29) is 10.9 Å². The summed E-state index contributed by atoms with van der Waals surface area (Å²) in [4.78, 5) is 22.6. The molecule has 0 unspecified atom stereocenters. The van der Waals surface area contributed by atoms with Crippen LogP contribution in [-0.4, -0.2) is 45.9 Å². The molecule has 2 aromatic heterocycles. The first-order valence-electron chi connectivity index (χ1n) is 11.5. The van der Waals surface area contributed by atoms with Gasteiger partial charge in [-0.3, -0.25) is 14.2 Å². The van der Waals surface area contributed by atoms with Crippen LogP contribution in [0.15, 0.2) is 59.8 Å². The van der Waals surface area contributed by atoms with Gasteiger partial charge in [0, 0.05) is 44.6 Å². The fourth-order valence-electron chi connectivity index (χ4n) is 3.65. The highest BCUT2D eigenvalue weighted by molar-refractivity contribution is 8.00. The van der Waals surface area contributed by atoms with Gasteiger partial charge in [0.2, 0.25) is 11.8 Å². The lowest BCUT2D eigenvalue weighted by molar-refractivity contribution is 0.0937. The Labute approximate surface area is 224 Å². The number of rotatable bonds is 10. The predicted molar refractivity (Wildman–Crippen MR) is 145 cm³/mol. The molecule has 0 aliphatic heterocycles. The van der Waals surface area contributed by atoms with E-state index in [1.807, 2.05) is 45.3 Å². The molecule has 0 saturated carbocycles. The van der Waals surface area contributed by atoms with E-state index < -0.39 is 0 Å². The van der Waals surface area contributed by atoms with Gasteiger partial charge in [-0.1, -0.05) is 29.8 Å².